The molecule has 3 aliphatic carbocycles. The molecule has 0 aliphatic heterocycles. The molecule has 0 radical (unpaired) electrons. The maximum atomic E-state index is 2.82. The quantitative estimate of drug-likeness (QED) is 0.180. The van der Waals surface area contributed by atoms with Gasteiger partial charge in [-0.25, -0.2) is 0 Å². The predicted octanol–water partition coefficient (Wildman–Crippen LogP) is 11.7. The van der Waals surface area contributed by atoms with Gasteiger partial charge in [-0.3, -0.25) is 0 Å². The summed E-state index contributed by atoms with van der Waals surface area (Å²) in [5.41, 5.74) is 16.6. The molecule has 228 valence electrons. The molecular weight excluding hydrogens is 671 g/mol. The summed E-state index contributed by atoms with van der Waals surface area (Å²) in [6.45, 7) is 7.32. The molecule has 44 heavy (non-hydrogen) atoms. The SMILES string of the molecule is CC1=Cc2c(-c3ccccc3)ccc(C)c2[CH]1[Zr]([CH3])([CH3])(=[SiH2])[CH]1C(C2CCCCC2)=Cc2c(-c3ccccc3)cccc21.Cl.Cl. The molecule has 0 aromatic heterocycles. The van der Waals surface area contributed by atoms with E-state index < -0.39 is 17.4 Å². The van der Waals surface area contributed by atoms with Crippen molar-refractivity contribution < 1.29 is 17.4 Å². The van der Waals surface area contributed by atoms with Crippen LogP contribution in [0.15, 0.2) is 102 Å². The van der Waals surface area contributed by atoms with Gasteiger partial charge in [-0.1, -0.05) is 0 Å². The molecule has 2 unspecified atom stereocenters. The van der Waals surface area contributed by atoms with Gasteiger partial charge in [-0.2, -0.15) is 0 Å². The van der Waals surface area contributed by atoms with E-state index in [2.05, 4.69) is 133 Å². The Balaban J connectivity index is 0.00000192. The van der Waals surface area contributed by atoms with Gasteiger partial charge in [0.05, 0.1) is 0 Å². The molecule has 1 saturated carbocycles. The van der Waals surface area contributed by atoms with Crippen LogP contribution in [0.2, 0.25) is 9.26 Å². The first kappa shape index (κ1) is 33.4. The second-order valence-corrected chi connectivity index (χ2v) is 44.9. The van der Waals surface area contributed by atoms with Gasteiger partial charge >= 0.3 is 257 Å². The van der Waals surface area contributed by atoms with E-state index in [1.165, 1.54) is 71.0 Å². The van der Waals surface area contributed by atoms with E-state index in [1.54, 1.807) is 22.3 Å². The van der Waals surface area contributed by atoms with Gasteiger partial charge in [-0.05, 0) is 0 Å². The summed E-state index contributed by atoms with van der Waals surface area (Å²) in [4.78, 5) is 0. The molecule has 3 aliphatic rings. The third kappa shape index (κ3) is 5.53. The summed E-state index contributed by atoms with van der Waals surface area (Å²) in [6.07, 6.45) is 12.2. The summed E-state index contributed by atoms with van der Waals surface area (Å²) in [5.74, 6) is 0.721. The predicted molar refractivity (Wildman–Crippen MR) is 197 cm³/mol. The zero-order chi connectivity index (χ0) is 29.1. The van der Waals surface area contributed by atoms with Crippen molar-refractivity contribution in [2.75, 3.05) is 0 Å². The Morgan fingerprint density at radius 3 is 1.82 bits per heavy atom. The number of fused-ring (bicyclic) bond motifs is 2. The minimum absolute atomic E-state index is 0. The number of benzene rings is 4. The largest absolute Gasteiger partial charge is 0.147 e. The zero-order valence-electron chi connectivity index (χ0n) is 26.6. The minimum atomic E-state index is -3.67. The van der Waals surface area contributed by atoms with Crippen molar-refractivity contribution in [2.45, 2.75) is 62.5 Å². The van der Waals surface area contributed by atoms with Crippen molar-refractivity contribution in [3.63, 3.8) is 0 Å². The Morgan fingerprint density at radius 2 is 1.20 bits per heavy atom. The van der Waals surface area contributed by atoms with Crippen LogP contribution in [0.3, 0.4) is 0 Å². The zero-order valence-corrected chi connectivity index (χ0v) is 32.1. The Bertz CT molecular complexity index is 1810. The number of rotatable bonds is 5. The first-order chi connectivity index (χ1) is 20.2. The summed E-state index contributed by atoms with van der Waals surface area (Å²) in [6, 6.07) is 34.2. The van der Waals surface area contributed by atoms with Crippen LogP contribution >= 0.6 is 24.8 Å². The van der Waals surface area contributed by atoms with Gasteiger partial charge in [-0.15, -0.1) is 24.8 Å². The van der Waals surface area contributed by atoms with Crippen molar-refractivity contribution in [3.05, 3.63) is 130 Å². The van der Waals surface area contributed by atoms with Gasteiger partial charge in [0.2, 0.25) is 0 Å². The number of allylic oxidation sites excluding steroid dienone is 2. The van der Waals surface area contributed by atoms with E-state index in [-0.39, 0.29) is 24.8 Å². The van der Waals surface area contributed by atoms with Gasteiger partial charge in [0.15, 0.2) is 0 Å². The topological polar surface area (TPSA) is 0 Å². The standard InChI is InChI=1S/C21H21.C17H15.2CH3.2ClH.H2Si.Zr/c1-3-8-16(9-4-1)19-14-18-12-7-13-20(21(18)15-19)17-10-5-2-6-11-17;1-12-10-16-13(2)8-9-15(17(16)11-12)14-6-4-3-5-7-14;;;;;;/h2,5-7,10-16H,1,3-4,8-9H2;3-11H,1-2H3;2*1H3;2*1H;1H2;. The van der Waals surface area contributed by atoms with Crippen LogP contribution in [0.5, 0.6) is 0 Å². The molecule has 4 aromatic carbocycles. The molecule has 0 amide bonds. The fraction of sp³-hybridized carbons (Fsp3) is 0.300. The molecular formula is C40H46Cl2SiZr. The van der Waals surface area contributed by atoms with Crippen molar-refractivity contribution in [1.82, 2.24) is 0 Å². The van der Waals surface area contributed by atoms with Crippen molar-refractivity contribution in [3.8, 4) is 22.3 Å². The first-order valence-electron chi connectivity index (χ1n) is 16.1. The second-order valence-electron chi connectivity index (χ2n) is 14.5. The van der Waals surface area contributed by atoms with E-state index in [9.17, 15) is 0 Å². The number of halogens is 2. The number of aryl methyl sites for hydroxylation is 1. The molecule has 1 fully saturated rings. The molecule has 0 heterocycles. The molecule has 0 N–H and O–H groups in total. The van der Waals surface area contributed by atoms with Crippen LogP contribution in [0.25, 0.3) is 34.4 Å². The molecule has 7 rings (SSSR count). The summed E-state index contributed by atoms with van der Waals surface area (Å²) in [7, 11) is 0. The number of hydrogen-bond acceptors (Lipinski definition) is 0. The number of hydrogen-bond donors (Lipinski definition) is 0. The summed E-state index contributed by atoms with van der Waals surface area (Å²) < 4.78 is 6.76. The smallest absolute Gasteiger partial charge is 0.147 e. The molecule has 0 nitrogen and oxygen atoms in total. The van der Waals surface area contributed by atoms with Crippen molar-refractivity contribution in [1.29, 1.82) is 0 Å². The van der Waals surface area contributed by atoms with E-state index in [0.29, 0.717) is 7.25 Å². The van der Waals surface area contributed by atoms with Gasteiger partial charge in [0.1, 0.15) is 0 Å². The normalized spacial score (nSPS) is 19.7. The monoisotopic (exact) mass is 714 g/mol. The van der Waals surface area contributed by atoms with Crippen molar-refractivity contribution in [2.24, 2.45) is 5.92 Å². The fourth-order valence-corrected chi connectivity index (χ4v) is 29.6. The molecule has 0 bridgehead atoms. The van der Waals surface area contributed by atoms with E-state index >= 15 is 0 Å². The maximum Gasteiger partial charge on any atom is -0.147 e. The molecule has 0 spiro atoms. The Kier molecular flexibility index (Phi) is 9.63. The molecule has 4 heteroatoms. The average molecular weight is 717 g/mol. The molecule has 4 aromatic rings. The van der Waals surface area contributed by atoms with Crippen LogP contribution in [-0.4, -0.2) is 6.88 Å². The van der Waals surface area contributed by atoms with Gasteiger partial charge in [0, 0.05) is 0 Å². The third-order valence-corrected chi connectivity index (χ3v) is 28.4. The van der Waals surface area contributed by atoms with E-state index in [1.807, 2.05) is 0 Å². The maximum absolute atomic E-state index is 3.67. The van der Waals surface area contributed by atoms with Crippen LogP contribution < -0.4 is 0 Å². The van der Waals surface area contributed by atoms with E-state index in [0.717, 1.165) is 5.92 Å². The summed E-state index contributed by atoms with van der Waals surface area (Å²) >= 11 is -3.67. The van der Waals surface area contributed by atoms with Crippen LogP contribution in [-0.2, 0) is 17.4 Å². The van der Waals surface area contributed by atoms with Crippen LogP contribution in [0.1, 0.15) is 74.1 Å². The van der Waals surface area contributed by atoms with Crippen LogP contribution in [0.4, 0.5) is 0 Å². The summed E-state index contributed by atoms with van der Waals surface area (Å²) in [5, 5.41) is 0. The van der Waals surface area contributed by atoms with Gasteiger partial charge < -0.3 is 0 Å². The van der Waals surface area contributed by atoms with Crippen LogP contribution in [0, 0.1) is 12.8 Å². The van der Waals surface area contributed by atoms with Gasteiger partial charge in [0.25, 0.3) is 0 Å². The molecule has 2 atom stereocenters. The Hall–Kier alpha value is -1.96. The minimum Gasteiger partial charge on any atom is -0.147 e. The Labute approximate surface area is 279 Å². The third-order valence-electron chi connectivity index (χ3n) is 10.9. The Morgan fingerprint density at radius 1 is 0.614 bits per heavy atom. The van der Waals surface area contributed by atoms with E-state index in [4.69, 9.17) is 0 Å². The fourth-order valence-electron chi connectivity index (χ4n) is 9.22. The second kappa shape index (κ2) is 12.7. The average Bonchev–Trinajstić information content (AvgIpc) is 3.59. The first-order valence-corrected chi connectivity index (χ1v) is 29.7. The van der Waals surface area contributed by atoms with Crippen molar-refractivity contribution >= 4 is 43.8 Å². The molecule has 0 saturated heterocycles.